The molecule has 88 valence electrons. The summed E-state index contributed by atoms with van der Waals surface area (Å²) in [6.45, 7) is 4.88. The second kappa shape index (κ2) is 4.46. The van der Waals surface area contributed by atoms with Gasteiger partial charge in [0, 0.05) is 12.0 Å². The summed E-state index contributed by atoms with van der Waals surface area (Å²) in [4.78, 5) is 0. The Kier molecular flexibility index (Phi) is 3.20. The third-order valence-corrected chi connectivity index (χ3v) is 3.46. The highest BCUT2D eigenvalue weighted by Gasteiger charge is 2.31. The minimum atomic E-state index is -0.718. The number of ether oxygens (including phenoxy) is 1. The maximum Gasteiger partial charge on any atom is 0.128 e. The largest absolute Gasteiger partial charge is 0.493 e. The summed E-state index contributed by atoms with van der Waals surface area (Å²) in [5.41, 5.74) is 1.50. The highest BCUT2D eigenvalue weighted by molar-refractivity contribution is 5.46. The monoisotopic (exact) mass is 220 g/mol. The van der Waals surface area contributed by atoms with Gasteiger partial charge in [0.25, 0.3) is 0 Å². The molecule has 0 saturated heterocycles. The van der Waals surface area contributed by atoms with Crippen LogP contribution in [0.3, 0.4) is 0 Å². The van der Waals surface area contributed by atoms with Crippen molar-refractivity contribution in [2.45, 2.75) is 45.1 Å². The molecule has 1 N–H and O–H groups in total. The van der Waals surface area contributed by atoms with Crippen LogP contribution in [0.5, 0.6) is 5.75 Å². The van der Waals surface area contributed by atoms with Gasteiger partial charge in [-0.2, -0.15) is 0 Å². The Balaban J connectivity index is 2.42. The minimum Gasteiger partial charge on any atom is -0.493 e. The summed E-state index contributed by atoms with van der Waals surface area (Å²) in [6.07, 6.45) is 3.48. The molecule has 2 rings (SSSR count). The molecule has 1 aromatic rings. The molecule has 1 aliphatic heterocycles. The Morgan fingerprint density at radius 2 is 2.19 bits per heavy atom. The Morgan fingerprint density at radius 1 is 1.38 bits per heavy atom. The molecule has 2 heteroatoms. The quantitative estimate of drug-likeness (QED) is 0.845. The van der Waals surface area contributed by atoms with Crippen LogP contribution in [0.1, 0.15) is 44.2 Å². The van der Waals surface area contributed by atoms with Gasteiger partial charge >= 0.3 is 0 Å². The summed E-state index contributed by atoms with van der Waals surface area (Å²) in [5, 5.41) is 10.7. The second-order valence-corrected chi connectivity index (χ2v) is 4.53. The summed E-state index contributed by atoms with van der Waals surface area (Å²) in [7, 11) is 0. The minimum absolute atomic E-state index is 0.718. The molecule has 0 radical (unpaired) electrons. The number of rotatable bonds is 4. The zero-order valence-electron chi connectivity index (χ0n) is 10.1. The van der Waals surface area contributed by atoms with E-state index in [1.807, 2.05) is 19.1 Å². The maximum atomic E-state index is 10.7. The van der Waals surface area contributed by atoms with Crippen LogP contribution in [0.4, 0.5) is 0 Å². The molecule has 1 aliphatic rings. The predicted octanol–water partition coefficient (Wildman–Crippen LogP) is 3.02. The first-order valence-electron chi connectivity index (χ1n) is 6.19. The first-order valence-corrected chi connectivity index (χ1v) is 6.19. The lowest BCUT2D eigenvalue weighted by molar-refractivity contribution is 0.0203. The van der Waals surface area contributed by atoms with E-state index in [9.17, 15) is 5.11 Å². The van der Waals surface area contributed by atoms with E-state index >= 15 is 0 Å². The molecular weight excluding hydrogens is 200 g/mol. The van der Waals surface area contributed by atoms with Crippen molar-refractivity contribution in [3.05, 3.63) is 29.3 Å². The molecule has 0 spiro atoms. The van der Waals surface area contributed by atoms with E-state index in [0.717, 1.165) is 43.6 Å². The molecule has 0 aromatic heterocycles. The molecule has 1 unspecified atom stereocenters. The smallest absolute Gasteiger partial charge is 0.128 e. The van der Waals surface area contributed by atoms with Crippen molar-refractivity contribution in [3.8, 4) is 5.75 Å². The second-order valence-electron chi connectivity index (χ2n) is 4.53. The van der Waals surface area contributed by atoms with Gasteiger partial charge in [-0.05, 0) is 18.4 Å². The topological polar surface area (TPSA) is 29.5 Å². The van der Waals surface area contributed by atoms with Crippen molar-refractivity contribution in [3.63, 3.8) is 0 Å². The van der Waals surface area contributed by atoms with E-state index in [1.54, 1.807) is 0 Å². The van der Waals surface area contributed by atoms with Crippen LogP contribution in [0, 0.1) is 0 Å². The van der Waals surface area contributed by atoms with Gasteiger partial charge < -0.3 is 9.84 Å². The van der Waals surface area contributed by atoms with Crippen LogP contribution in [0.25, 0.3) is 0 Å². The zero-order chi connectivity index (χ0) is 11.6. The van der Waals surface area contributed by atoms with E-state index < -0.39 is 5.60 Å². The van der Waals surface area contributed by atoms with E-state index in [2.05, 4.69) is 13.0 Å². The van der Waals surface area contributed by atoms with Crippen molar-refractivity contribution in [1.29, 1.82) is 0 Å². The Hall–Kier alpha value is -1.02. The van der Waals surface area contributed by atoms with Crippen molar-refractivity contribution in [2.24, 2.45) is 0 Å². The van der Waals surface area contributed by atoms with Crippen LogP contribution < -0.4 is 4.74 Å². The molecule has 1 atom stereocenters. The summed E-state index contributed by atoms with van der Waals surface area (Å²) in [6, 6.07) is 6.12. The van der Waals surface area contributed by atoms with Gasteiger partial charge in [-0.1, -0.05) is 38.5 Å². The number of para-hydroxylation sites is 1. The lowest BCUT2D eigenvalue weighted by atomic mass is 9.85. The maximum absolute atomic E-state index is 10.7. The third-order valence-electron chi connectivity index (χ3n) is 3.46. The Morgan fingerprint density at radius 3 is 2.88 bits per heavy atom. The van der Waals surface area contributed by atoms with E-state index in [0.29, 0.717) is 0 Å². The first-order chi connectivity index (χ1) is 7.71. The predicted molar refractivity (Wildman–Crippen MR) is 64.7 cm³/mol. The molecule has 1 heterocycles. The van der Waals surface area contributed by atoms with Crippen molar-refractivity contribution in [1.82, 2.24) is 0 Å². The number of hydrogen-bond acceptors (Lipinski definition) is 2. The van der Waals surface area contributed by atoms with Gasteiger partial charge in [-0.25, -0.2) is 0 Å². The number of fused-ring (bicyclic) bond motifs is 1. The van der Waals surface area contributed by atoms with Crippen molar-refractivity contribution >= 4 is 0 Å². The Bertz CT molecular complexity index is 373. The van der Waals surface area contributed by atoms with Gasteiger partial charge in [0.05, 0.1) is 12.2 Å². The highest BCUT2D eigenvalue weighted by atomic mass is 16.5. The van der Waals surface area contributed by atoms with Crippen molar-refractivity contribution < 1.29 is 9.84 Å². The number of benzene rings is 1. The molecule has 1 aromatic carbocycles. The van der Waals surface area contributed by atoms with Crippen LogP contribution >= 0.6 is 0 Å². The summed E-state index contributed by atoms with van der Waals surface area (Å²) in [5.74, 6) is 0.931. The highest BCUT2D eigenvalue weighted by Crippen LogP contribution is 2.40. The van der Waals surface area contributed by atoms with Crippen LogP contribution in [-0.2, 0) is 12.0 Å². The number of hydrogen-bond donors (Lipinski definition) is 1. The standard InChI is InChI=1S/C14H20O2/c1-3-9-14(15,4-2)12-7-5-6-11-8-10-16-13(11)12/h5-7,15H,3-4,8-10H2,1-2H3. The fourth-order valence-electron chi connectivity index (χ4n) is 2.50. The third kappa shape index (κ3) is 1.82. The molecule has 0 fully saturated rings. The fourth-order valence-corrected chi connectivity index (χ4v) is 2.50. The molecule has 0 amide bonds. The Labute approximate surface area is 97.3 Å². The van der Waals surface area contributed by atoms with Gasteiger partial charge in [-0.3, -0.25) is 0 Å². The van der Waals surface area contributed by atoms with E-state index in [1.165, 1.54) is 5.56 Å². The van der Waals surface area contributed by atoms with Gasteiger partial charge in [0.1, 0.15) is 5.75 Å². The first kappa shape index (κ1) is 11.5. The average molecular weight is 220 g/mol. The summed E-state index contributed by atoms with van der Waals surface area (Å²) < 4.78 is 5.66. The molecule has 0 aliphatic carbocycles. The molecule has 16 heavy (non-hydrogen) atoms. The van der Waals surface area contributed by atoms with Crippen LogP contribution in [0.15, 0.2) is 18.2 Å². The van der Waals surface area contributed by atoms with Crippen LogP contribution in [0.2, 0.25) is 0 Å². The molecule has 0 saturated carbocycles. The average Bonchev–Trinajstić information content (AvgIpc) is 2.76. The summed E-state index contributed by atoms with van der Waals surface area (Å²) >= 11 is 0. The lowest BCUT2D eigenvalue weighted by Crippen LogP contribution is -2.25. The molecule has 2 nitrogen and oxygen atoms in total. The zero-order valence-corrected chi connectivity index (χ0v) is 10.1. The van der Waals surface area contributed by atoms with Gasteiger partial charge in [-0.15, -0.1) is 0 Å². The number of aliphatic hydroxyl groups is 1. The van der Waals surface area contributed by atoms with Crippen molar-refractivity contribution in [2.75, 3.05) is 6.61 Å². The van der Waals surface area contributed by atoms with Crippen LogP contribution in [-0.4, -0.2) is 11.7 Å². The molecular formula is C14H20O2. The fraction of sp³-hybridized carbons (Fsp3) is 0.571. The van der Waals surface area contributed by atoms with Gasteiger partial charge in [0.15, 0.2) is 0 Å². The van der Waals surface area contributed by atoms with E-state index in [4.69, 9.17) is 4.74 Å². The van der Waals surface area contributed by atoms with E-state index in [-0.39, 0.29) is 0 Å². The van der Waals surface area contributed by atoms with Gasteiger partial charge in [0.2, 0.25) is 0 Å². The molecule has 0 bridgehead atoms. The lowest BCUT2D eigenvalue weighted by Gasteiger charge is -2.28. The SMILES string of the molecule is CCCC(O)(CC)c1cccc2c1OCC2. The normalized spacial score (nSPS) is 17.7.